The standard InChI is InChI=1S/C25H28N4O6/c26-19-11-12-22(31)28(14-17-7-3-1-4-8-17)29(24(19)33)15-21(30)27-20-13-23(32)35-25(20)34-16-18-9-5-2-6-10-18/h1-10,19-20,25H,11-16,26H2,(H,27,30). The second kappa shape index (κ2) is 11.1. The monoisotopic (exact) mass is 480 g/mol. The summed E-state index contributed by atoms with van der Waals surface area (Å²) in [4.78, 5) is 50.6. The number of hydrogen-bond acceptors (Lipinski definition) is 7. The van der Waals surface area contributed by atoms with Gasteiger partial charge < -0.3 is 20.5 Å². The van der Waals surface area contributed by atoms with Crippen molar-refractivity contribution in [2.75, 3.05) is 6.54 Å². The second-order valence-electron chi connectivity index (χ2n) is 8.51. The predicted octanol–water partition coefficient (Wildman–Crippen LogP) is 0.855. The van der Waals surface area contributed by atoms with Crippen LogP contribution in [-0.2, 0) is 41.8 Å². The Kier molecular flexibility index (Phi) is 7.74. The minimum Gasteiger partial charge on any atom is -0.433 e. The van der Waals surface area contributed by atoms with Crippen LogP contribution in [0.4, 0.5) is 0 Å². The van der Waals surface area contributed by atoms with Gasteiger partial charge in [-0.2, -0.15) is 0 Å². The quantitative estimate of drug-likeness (QED) is 0.536. The molecule has 3 N–H and O–H groups in total. The van der Waals surface area contributed by atoms with Gasteiger partial charge in [-0.1, -0.05) is 60.7 Å². The van der Waals surface area contributed by atoms with Crippen molar-refractivity contribution >= 4 is 23.7 Å². The van der Waals surface area contributed by atoms with E-state index in [0.29, 0.717) is 0 Å². The molecule has 3 amide bonds. The third kappa shape index (κ3) is 6.23. The lowest BCUT2D eigenvalue weighted by atomic mass is 10.1. The first-order valence-corrected chi connectivity index (χ1v) is 11.5. The van der Waals surface area contributed by atoms with Crippen molar-refractivity contribution in [3.8, 4) is 0 Å². The van der Waals surface area contributed by atoms with Crippen LogP contribution < -0.4 is 11.1 Å². The minimum absolute atomic E-state index is 0.0642. The first-order chi connectivity index (χ1) is 16.9. The van der Waals surface area contributed by atoms with Gasteiger partial charge in [-0.05, 0) is 17.5 Å². The molecule has 2 aromatic rings. The van der Waals surface area contributed by atoms with Crippen LogP contribution in [-0.4, -0.2) is 58.6 Å². The summed E-state index contributed by atoms with van der Waals surface area (Å²) in [5.41, 5.74) is 7.67. The Morgan fingerprint density at radius 2 is 1.66 bits per heavy atom. The van der Waals surface area contributed by atoms with Crippen molar-refractivity contribution in [1.29, 1.82) is 0 Å². The fourth-order valence-electron chi connectivity index (χ4n) is 4.02. The molecule has 0 aromatic heterocycles. The highest BCUT2D eigenvalue weighted by Crippen LogP contribution is 2.20. The number of esters is 1. The van der Waals surface area contributed by atoms with Gasteiger partial charge in [-0.3, -0.25) is 19.2 Å². The van der Waals surface area contributed by atoms with Crippen LogP contribution in [0.2, 0.25) is 0 Å². The number of nitrogens with one attached hydrogen (secondary N) is 1. The molecule has 2 fully saturated rings. The predicted molar refractivity (Wildman–Crippen MR) is 124 cm³/mol. The minimum atomic E-state index is -0.962. The van der Waals surface area contributed by atoms with Gasteiger partial charge in [0.15, 0.2) is 0 Å². The number of benzene rings is 2. The van der Waals surface area contributed by atoms with Crippen LogP contribution in [0, 0.1) is 0 Å². The fraction of sp³-hybridized carbons (Fsp3) is 0.360. The number of hydrogen-bond donors (Lipinski definition) is 2. The summed E-state index contributed by atoms with van der Waals surface area (Å²) in [5, 5.41) is 5.08. The van der Waals surface area contributed by atoms with Gasteiger partial charge in [-0.15, -0.1) is 0 Å². The smallest absolute Gasteiger partial charge is 0.310 e. The van der Waals surface area contributed by atoms with Gasteiger partial charge in [0.25, 0.3) is 5.91 Å². The molecule has 0 saturated carbocycles. The number of nitrogens with zero attached hydrogens (tertiary/aromatic N) is 2. The molecule has 4 rings (SSSR count). The summed E-state index contributed by atoms with van der Waals surface area (Å²) in [6.45, 7) is -0.107. The number of rotatable bonds is 8. The second-order valence-corrected chi connectivity index (χ2v) is 8.51. The van der Waals surface area contributed by atoms with Crippen molar-refractivity contribution in [2.45, 2.75) is 50.8 Å². The zero-order chi connectivity index (χ0) is 24.8. The molecule has 3 unspecified atom stereocenters. The van der Waals surface area contributed by atoms with E-state index in [1.165, 1.54) is 5.01 Å². The molecule has 2 aliphatic heterocycles. The van der Waals surface area contributed by atoms with E-state index in [9.17, 15) is 19.2 Å². The van der Waals surface area contributed by atoms with Gasteiger partial charge in [0, 0.05) is 6.42 Å². The van der Waals surface area contributed by atoms with Gasteiger partial charge >= 0.3 is 5.97 Å². The van der Waals surface area contributed by atoms with E-state index in [1.807, 2.05) is 60.7 Å². The molecule has 2 saturated heterocycles. The molecular formula is C25H28N4O6. The van der Waals surface area contributed by atoms with Crippen LogP contribution in [0.3, 0.4) is 0 Å². The summed E-state index contributed by atoms with van der Waals surface area (Å²) in [6, 6.07) is 16.9. The normalized spacial score (nSPS) is 22.7. The number of hydrazine groups is 1. The molecular weight excluding hydrogens is 452 g/mol. The molecule has 0 bridgehead atoms. The molecule has 2 heterocycles. The summed E-state index contributed by atoms with van der Waals surface area (Å²) in [7, 11) is 0. The van der Waals surface area contributed by atoms with E-state index in [4.69, 9.17) is 15.2 Å². The average molecular weight is 481 g/mol. The number of nitrogens with two attached hydrogens (primary N) is 1. The zero-order valence-corrected chi connectivity index (χ0v) is 19.2. The summed E-state index contributed by atoms with van der Waals surface area (Å²) in [6.07, 6.45) is -0.735. The van der Waals surface area contributed by atoms with Gasteiger partial charge in [0.2, 0.25) is 18.1 Å². The lowest BCUT2D eigenvalue weighted by Crippen LogP contribution is -2.56. The topological polar surface area (TPSA) is 131 Å². The fourth-order valence-corrected chi connectivity index (χ4v) is 4.02. The molecule has 2 aromatic carbocycles. The van der Waals surface area contributed by atoms with Crippen LogP contribution in [0.1, 0.15) is 30.4 Å². The molecule has 10 nitrogen and oxygen atoms in total. The van der Waals surface area contributed by atoms with Crippen LogP contribution in [0.5, 0.6) is 0 Å². The number of cyclic esters (lactones) is 1. The Bertz CT molecular complexity index is 1060. The average Bonchev–Trinajstić information content (AvgIpc) is 3.18. The van der Waals surface area contributed by atoms with Crippen molar-refractivity contribution in [3.05, 3.63) is 71.8 Å². The van der Waals surface area contributed by atoms with E-state index in [-0.39, 0.29) is 38.3 Å². The maximum absolute atomic E-state index is 13.0. The highest BCUT2D eigenvalue weighted by atomic mass is 16.7. The summed E-state index contributed by atoms with van der Waals surface area (Å²) < 4.78 is 10.9. The highest BCUT2D eigenvalue weighted by molar-refractivity contribution is 5.91. The van der Waals surface area contributed by atoms with Crippen LogP contribution >= 0.6 is 0 Å². The molecule has 0 aliphatic carbocycles. The Morgan fingerprint density at radius 3 is 2.34 bits per heavy atom. The summed E-state index contributed by atoms with van der Waals surface area (Å²) >= 11 is 0. The summed E-state index contributed by atoms with van der Waals surface area (Å²) in [5.74, 6) is -1.87. The van der Waals surface area contributed by atoms with E-state index in [2.05, 4.69) is 5.32 Å². The van der Waals surface area contributed by atoms with E-state index in [0.717, 1.165) is 16.1 Å². The Morgan fingerprint density at radius 1 is 1.00 bits per heavy atom. The molecule has 0 radical (unpaired) electrons. The Hall–Kier alpha value is -3.76. The van der Waals surface area contributed by atoms with E-state index >= 15 is 0 Å². The Balaban J connectivity index is 1.43. The van der Waals surface area contributed by atoms with Crippen molar-refractivity contribution < 1.29 is 28.7 Å². The lowest BCUT2D eigenvalue weighted by molar-refractivity contribution is -0.169. The molecule has 184 valence electrons. The maximum atomic E-state index is 13.0. The van der Waals surface area contributed by atoms with Crippen LogP contribution in [0.25, 0.3) is 0 Å². The van der Waals surface area contributed by atoms with Crippen molar-refractivity contribution in [3.63, 3.8) is 0 Å². The largest absolute Gasteiger partial charge is 0.433 e. The third-order valence-electron chi connectivity index (χ3n) is 5.85. The number of carbonyl (C=O) groups excluding carboxylic acids is 4. The third-order valence-corrected chi connectivity index (χ3v) is 5.85. The first-order valence-electron chi connectivity index (χ1n) is 11.5. The molecule has 0 spiro atoms. The molecule has 35 heavy (non-hydrogen) atoms. The van der Waals surface area contributed by atoms with Crippen molar-refractivity contribution in [1.82, 2.24) is 15.3 Å². The number of ether oxygens (including phenoxy) is 2. The number of carbonyl (C=O) groups is 4. The van der Waals surface area contributed by atoms with E-state index in [1.54, 1.807) is 0 Å². The van der Waals surface area contributed by atoms with E-state index < -0.39 is 42.7 Å². The number of amides is 3. The Labute approximate surface area is 202 Å². The lowest BCUT2D eigenvalue weighted by Gasteiger charge is -2.34. The zero-order valence-electron chi connectivity index (χ0n) is 19.2. The first kappa shape index (κ1) is 24.4. The maximum Gasteiger partial charge on any atom is 0.310 e. The molecule has 3 atom stereocenters. The van der Waals surface area contributed by atoms with Gasteiger partial charge in [0.05, 0.1) is 25.6 Å². The van der Waals surface area contributed by atoms with Crippen LogP contribution in [0.15, 0.2) is 60.7 Å². The SMILES string of the molecule is NC1CCC(=O)N(Cc2ccccc2)N(CC(=O)NC2CC(=O)OC2OCc2ccccc2)C1=O. The molecule has 2 aliphatic rings. The molecule has 10 heteroatoms. The van der Waals surface area contributed by atoms with Crippen molar-refractivity contribution in [2.24, 2.45) is 5.73 Å². The van der Waals surface area contributed by atoms with Gasteiger partial charge in [0.1, 0.15) is 12.6 Å². The highest BCUT2D eigenvalue weighted by Gasteiger charge is 2.39. The van der Waals surface area contributed by atoms with Gasteiger partial charge in [-0.25, -0.2) is 10.0 Å².